The summed E-state index contributed by atoms with van der Waals surface area (Å²) in [6.07, 6.45) is 0.890. The molecule has 0 amide bonds. The molecule has 0 radical (unpaired) electrons. The van der Waals surface area contributed by atoms with E-state index in [2.05, 4.69) is 0 Å². The van der Waals surface area contributed by atoms with Crippen LogP contribution in [0.3, 0.4) is 0 Å². The van der Waals surface area contributed by atoms with E-state index in [1.165, 1.54) is 25.9 Å². The second-order valence-corrected chi connectivity index (χ2v) is 8.62. The number of ether oxygens (including phenoxy) is 1. The fraction of sp³-hybridized carbons (Fsp3) is 0.818. The lowest BCUT2D eigenvalue weighted by molar-refractivity contribution is -0.312. The highest BCUT2D eigenvalue weighted by Crippen LogP contribution is 2.48. The minimum atomic E-state index is -4.58. The predicted octanol–water partition coefficient (Wildman–Crippen LogP) is 0.734. The molecule has 1 aliphatic rings. The summed E-state index contributed by atoms with van der Waals surface area (Å²) in [7, 11) is -6.47. The molecule has 0 saturated carbocycles. The Labute approximate surface area is 119 Å². The van der Waals surface area contributed by atoms with Gasteiger partial charge in [0.15, 0.2) is 0 Å². The number of allylic oxidation sites excluding steroid dienone is 1. The van der Waals surface area contributed by atoms with Gasteiger partial charge < -0.3 is 28.1 Å². The molecule has 118 valence electrons. The lowest BCUT2D eigenvalue weighted by Gasteiger charge is -2.28. The minimum absolute atomic E-state index is 0.0422. The first-order valence-electron chi connectivity index (χ1n) is 6.20. The van der Waals surface area contributed by atoms with Crippen LogP contribution in [0.4, 0.5) is 0 Å². The maximum Gasteiger partial charge on any atom is 0.327 e. The van der Waals surface area contributed by atoms with Gasteiger partial charge in [-0.05, 0) is 13.1 Å². The zero-order valence-corrected chi connectivity index (χ0v) is 13.7. The van der Waals surface area contributed by atoms with Crippen LogP contribution in [0.25, 0.3) is 0 Å². The summed E-state index contributed by atoms with van der Waals surface area (Å²) in [4.78, 5) is 21.1. The van der Waals surface area contributed by atoms with Crippen LogP contribution >= 0.6 is 15.2 Å². The SMILES string of the molecule is COP(C)(=O)O[C@H]1[C@@H](C)[C@H](C)O[C@@H]1/C=C/CP(=O)([O-])[O-]. The number of hydrogen-bond acceptors (Lipinski definition) is 7. The normalized spacial score (nSPS) is 34.5. The predicted molar refractivity (Wildman–Crippen MR) is 70.5 cm³/mol. The Hall–Kier alpha value is -0.0000000000000000416. The summed E-state index contributed by atoms with van der Waals surface area (Å²) in [5, 5.41) is 0. The van der Waals surface area contributed by atoms with Crippen LogP contribution in [0.5, 0.6) is 0 Å². The first kappa shape index (κ1) is 18.1. The molecular weight excluding hydrogens is 306 g/mol. The zero-order valence-electron chi connectivity index (χ0n) is 11.9. The maximum atomic E-state index is 11.9. The van der Waals surface area contributed by atoms with E-state index < -0.39 is 33.6 Å². The Morgan fingerprint density at radius 1 is 1.30 bits per heavy atom. The molecule has 20 heavy (non-hydrogen) atoms. The molecule has 1 saturated heterocycles. The highest BCUT2D eigenvalue weighted by Gasteiger charge is 2.42. The topological polar surface area (TPSA) is 108 Å². The lowest BCUT2D eigenvalue weighted by atomic mass is 9.99. The van der Waals surface area contributed by atoms with Crippen molar-refractivity contribution in [3.63, 3.8) is 0 Å². The van der Waals surface area contributed by atoms with Gasteiger partial charge in [0.1, 0.15) is 12.2 Å². The summed E-state index contributed by atoms with van der Waals surface area (Å²) < 4.78 is 38.3. The Kier molecular flexibility index (Phi) is 6.17. The zero-order chi connectivity index (χ0) is 15.6. The van der Waals surface area contributed by atoms with Gasteiger partial charge in [-0.2, -0.15) is 0 Å². The van der Waals surface area contributed by atoms with E-state index in [0.29, 0.717) is 0 Å². The van der Waals surface area contributed by atoms with Crippen LogP contribution < -0.4 is 9.79 Å². The number of rotatable bonds is 6. The van der Waals surface area contributed by atoms with Gasteiger partial charge in [0.05, 0.1) is 6.10 Å². The molecule has 9 heteroatoms. The molecular formula is C11H20O7P2-2. The van der Waals surface area contributed by atoms with Gasteiger partial charge in [-0.15, -0.1) is 0 Å². The van der Waals surface area contributed by atoms with Crippen molar-refractivity contribution in [3.05, 3.63) is 12.2 Å². The van der Waals surface area contributed by atoms with E-state index in [-0.39, 0.29) is 12.0 Å². The standard InChI is InChI=1S/C11H22O7P2/c1-8-9(2)17-10(6-5-7-20(13,14)15)11(8)18-19(4,12)16-3/h5-6,8-11H,7H2,1-4H3,(H2,13,14,15)/p-2/b6-5+/t8-,9-,10+,11-,19?/m0/s1. The van der Waals surface area contributed by atoms with Gasteiger partial charge in [-0.25, -0.2) is 0 Å². The summed E-state index contributed by atoms with van der Waals surface area (Å²) >= 11 is 0. The molecule has 1 rings (SSSR count). The monoisotopic (exact) mass is 326 g/mol. The summed E-state index contributed by atoms with van der Waals surface area (Å²) in [6.45, 7) is 5.08. The molecule has 0 bridgehead atoms. The van der Waals surface area contributed by atoms with E-state index in [1.54, 1.807) is 0 Å². The smallest absolute Gasteiger partial charge is 0.327 e. The Bertz CT molecular complexity index is 444. The summed E-state index contributed by atoms with van der Waals surface area (Å²) in [5.74, 6) is -0.0422. The van der Waals surface area contributed by atoms with E-state index in [9.17, 15) is 18.9 Å². The lowest BCUT2D eigenvalue weighted by Crippen LogP contribution is -2.27. The summed E-state index contributed by atoms with van der Waals surface area (Å²) in [6, 6.07) is 0. The third-order valence-electron chi connectivity index (χ3n) is 3.25. The Balaban J connectivity index is 2.77. The number of hydrogen-bond donors (Lipinski definition) is 0. The maximum absolute atomic E-state index is 11.9. The van der Waals surface area contributed by atoms with Crippen LogP contribution in [0.2, 0.25) is 0 Å². The largest absolute Gasteiger partial charge is 0.811 e. The molecule has 0 aromatic carbocycles. The van der Waals surface area contributed by atoms with Crippen LogP contribution in [-0.2, 0) is 22.9 Å². The van der Waals surface area contributed by atoms with Crippen molar-refractivity contribution in [2.45, 2.75) is 32.2 Å². The van der Waals surface area contributed by atoms with Crippen molar-refractivity contribution in [3.8, 4) is 0 Å². The van der Waals surface area contributed by atoms with Gasteiger partial charge in [0, 0.05) is 19.7 Å². The fourth-order valence-electron chi connectivity index (χ4n) is 1.91. The highest BCUT2D eigenvalue weighted by atomic mass is 31.2. The van der Waals surface area contributed by atoms with Crippen molar-refractivity contribution in [1.82, 2.24) is 0 Å². The molecule has 7 nitrogen and oxygen atoms in total. The van der Waals surface area contributed by atoms with E-state index in [0.717, 1.165) is 0 Å². The third-order valence-corrected chi connectivity index (χ3v) is 5.20. The van der Waals surface area contributed by atoms with Gasteiger partial charge in [-0.3, -0.25) is 4.57 Å². The molecule has 0 N–H and O–H groups in total. The van der Waals surface area contributed by atoms with E-state index in [4.69, 9.17) is 13.8 Å². The van der Waals surface area contributed by atoms with Gasteiger partial charge in [0.2, 0.25) is 0 Å². The average molecular weight is 326 g/mol. The Morgan fingerprint density at radius 3 is 2.40 bits per heavy atom. The molecule has 0 spiro atoms. The van der Waals surface area contributed by atoms with Gasteiger partial charge >= 0.3 is 7.60 Å². The molecule has 0 aliphatic carbocycles. The minimum Gasteiger partial charge on any atom is -0.811 e. The third kappa shape index (κ3) is 5.41. The first-order valence-corrected chi connectivity index (χ1v) is 9.92. The first-order chi connectivity index (χ1) is 9.06. The second-order valence-electron chi connectivity index (χ2n) is 4.91. The molecule has 1 aliphatic heterocycles. The molecule has 1 fully saturated rings. The van der Waals surface area contributed by atoms with E-state index in [1.807, 2.05) is 13.8 Å². The van der Waals surface area contributed by atoms with Crippen molar-refractivity contribution in [1.29, 1.82) is 0 Å². The molecule has 0 aromatic heterocycles. The van der Waals surface area contributed by atoms with Crippen molar-refractivity contribution in [2.24, 2.45) is 5.92 Å². The highest BCUT2D eigenvalue weighted by molar-refractivity contribution is 7.53. The van der Waals surface area contributed by atoms with Crippen LogP contribution in [0.15, 0.2) is 12.2 Å². The second kappa shape index (κ2) is 6.84. The van der Waals surface area contributed by atoms with Crippen molar-refractivity contribution in [2.75, 3.05) is 19.9 Å². The van der Waals surface area contributed by atoms with Crippen LogP contribution in [0.1, 0.15) is 13.8 Å². The summed E-state index contributed by atoms with van der Waals surface area (Å²) in [5.41, 5.74) is 0. The Morgan fingerprint density at radius 2 is 1.90 bits per heavy atom. The van der Waals surface area contributed by atoms with Gasteiger partial charge in [-0.1, -0.05) is 26.7 Å². The van der Waals surface area contributed by atoms with Crippen LogP contribution in [-0.4, -0.2) is 38.2 Å². The fourth-order valence-corrected chi connectivity index (χ4v) is 3.13. The average Bonchev–Trinajstić information content (AvgIpc) is 2.55. The quantitative estimate of drug-likeness (QED) is 0.523. The molecule has 1 unspecified atom stereocenters. The van der Waals surface area contributed by atoms with Crippen LogP contribution in [0, 0.1) is 5.92 Å². The van der Waals surface area contributed by atoms with Crippen molar-refractivity contribution < 1.29 is 32.7 Å². The van der Waals surface area contributed by atoms with E-state index >= 15 is 0 Å². The molecule has 0 aromatic rings. The molecule has 1 heterocycles. The molecule has 5 atom stereocenters. The van der Waals surface area contributed by atoms with Crippen molar-refractivity contribution >= 4 is 15.2 Å². The van der Waals surface area contributed by atoms with Gasteiger partial charge in [0.25, 0.3) is 0 Å².